The first-order valence-electron chi connectivity index (χ1n) is 6.80. The van der Waals surface area contributed by atoms with Gasteiger partial charge in [-0.3, -0.25) is 0 Å². The van der Waals surface area contributed by atoms with E-state index in [1.54, 1.807) is 0 Å². The van der Waals surface area contributed by atoms with Gasteiger partial charge in [0.1, 0.15) is 0 Å². The normalized spacial score (nSPS) is 24.3. The van der Waals surface area contributed by atoms with Crippen molar-refractivity contribution < 1.29 is 5.11 Å². The Hall–Kier alpha value is -1.06. The predicted octanol–water partition coefficient (Wildman–Crippen LogP) is 1.85. The van der Waals surface area contributed by atoms with Crippen LogP contribution in [0.4, 0.5) is 5.69 Å². The molecule has 1 aliphatic heterocycles. The van der Waals surface area contributed by atoms with E-state index < -0.39 is 0 Å². The van der Waals surface area contributed by atoms with Gasteiger partial charge >= 0.3 is 0 Å². The molecular weight excluding hydrogens is 224 g/mol. The van der Waals surface area contributed by atoms with E-state index in [9.17, 15) is 0 Å². The van der Waals surface area contributed by atoms with Gasteiger partial charge in [0.15, 0.2) is 0 Å². The van der Waals surface area contributed by atoms with E-state index in [0.717, 1.165) is 19.5 Å². The highest BCUT2D eigenvalue weighted by Crippen LogP contribution is 2.26. The number of aliphatic hydroxyl groups is 1. The predicted molar refractivity (Wildman–Crippen MR) is 76.2 cm³/mol. The van der Waals surface area contributed by atoms with E-state index in [0.29, 0.717) is 12.1 Å². The molecule has 0 bridgehead atoms. The maximum absolute atomic E-state index is 9.11. The van der Waals surface area contributed by atoms with Crippen LogP contribution in [-0.4, -0.2) is 36.9 Å². The van der Waals surface area contributed by atoms with Gasteiger partial charge < -0.3 is 15.3 Å². The molecule has 2 unspecified atom stereocenters. The Morgan fingerprint density at radius 3 is 2.56 bits per heavy atom. The maximum Gasteiger partial charge on any atom is 0.0446 e. The smallest absolute Gasteiger partial charge is 0.0446 e. The molecule has 2 N–H and O–H groups in total. The number of anilines is 1. The van der Waals surface area contributed by atoms with Crippen molar-refractivity contribution in [3.8, 4) is 0 Å². The van der Waals surface area contributed by atoms with Gasteiger partial charge in [0.2, 0.25) is 0 Å². The van der Waals surface area contributed by atoms with Gasteiger partial charge in [-0.25, -0.2) is 0 Å². The molecule has 100 valence electrons. The zero-order valence-electron chi connectivity index (χ0n) is 11.6. The summed E-state index contributed by atoms with van der Waals surface area (Å²) in [6.07, 6.45) is 0.825. The number of aliphatic hydroxyl groups excluding tert-OH is 1. The van der Waals surface area contributed by atoms with Crippen LogP contribution in [-0.2, 0) is 0 Å². The van der Waals surface area contributed by atoms with E-state index in [2.05, 4.69) is 49.2 Å². The lowest BCUT2D eigenvalue weighted by Crippen LogP contribution is -2.56. The lowest BCUT2D eigenvalue weighted by molar-refractivity contribution is 0.250. The van der Waals surface area contributed by atoms with Gasteiger partial charge in [-0.15, -0.1) is 0 Å². The molecule has 0 spiro atoms. The molecule has 18 heavy (non-hydrogen) atoms. The average Bonchev–Trinajstić information content (AvgIpc) is 2.28. The summed E-state index contributed by atoms with van der Waals surface area (Å²) in [6, 6.07) is 7.32. The molecule has 1 fully saturated rings. The second-order valence-corrected chi connectivity index (χ2v) is 5.42. The summed E-state index contributed by atoms with van der Waals surface area (Å²) >= 11 is 0. The molecule has 0 radical (unpaired) electrons. The van der Waals surface area contributed by atoms with Crippen molar-refractivity contribution >= 4 is 5.69 Å². The van der Waals surface area contributed by atoms with Crippen LogP contribution in [0.15, 0.2) is 18.2 Å². The van der Waals surface area contributed by atoms with Crippen LogP contribution in [0.5, 0.6) is 0 Å². The number of piperazine rings is 1. The van der Waals surface area contributed by atoms with Gasteiger partial charge in [0, 0.05) is 37.5 Å². The zero-order chi connectivity index (χ0) is 13.1. The molecule has 3 heteroatoms. The number of aryl methyl sites for hydroxylation is 2. The van der Waals surface area contributed by atoms with Crippen LogP contribution in [0.1, 0.15) is 24.5 Å². The fourth-order valence-electron chi connectivity index (χ4n) is 3.00. The molecule has 1 aromatic rings. The molecule has 3 nitrogen and oxygen atoms in total. The van der Waals surface area contributed by atoms with Gasteiger partial charge in [-0.05, 0) is 38.3 Å². The summed E-state index contributed by atoms with van der Waals surface area (Å²) in [7, 11) is 0. The molecule has 1 aliphatic rings. The van der Waals surface area contributed by atoms with Crippen molar-refractivity contribution in [3.05, 3.63) is 29.3 Å². The van der Waals surface area contributed by atoms with Crippen LogP contribution >= 0.6 is 0 Å². The Kier molecular flexibility index (Phi) is 4.25. The molecule has 1 saturated heterocycles. The number of nitrogens with zero attached hydrogens (tertiary/aromatic N) is 1. The first kappa shape index (κ1) is 13.4. The summed E-state index contributed by atoms with van der Waals surface area (Å²) in [4.78, 5) is 2.46. The van der Waals surface area contributed by atoms with Crippen molar-refractivity contribution in [2.75, 3.05) is 24.6 Å². The molecule has 2 atom stereocenters. The molecule has 0 saturated carbocycles. The van der Waals surface area contributed by atoms with Crippen LogP contribution in [0, 0.1) is 13.8 Å². The largest absolute Gasteiger partial charge is 0.396 e. The number of rotatable bonds is 3. The Morgan fingerprint density at radius 1 is 1.28 bits per heavy atom. The number of nitrogens with one attached hydrogen (secondary N) is 1. The minimum atomic E-state index is 0.255. The molecule has 0 aromatic heterocycles. The van der Waals surface area contributed by atoms with E-state index >= 15 is 0 Å². The third kappa shape index (κ3) is 2.85. The number of hydrogen-bond donors (Lipinski definition) is 2. The topological polar surface area (TPSA) is 35.5 Å². The van der Waals surface area contributed by atoms with Gasteiger partial charge in [0.05, 0.1) is 0 Å². The molecule has 2 rings (SSSR count). The number of para-hydroxylation sites is 1. The SMILES string of the molecule is Cc1cccc(C)c1N1CC(C)NC(CCO)C1. The third-order valence-corrected chi connectivity index (χ3v) is 3.69. The van der Waals surface area contributed by atoms with Gasteiger partial charge in [-0.1, -0.05) is 18.2 Å². The van der Waals surface area contributed by atoms with Gasteiger partial charge in [0.25, 0.3) is 0 Å². The molecule has 0 aliphatic carbocycles. The third-order valence-electron chi connectivity index (χ3n) is 3.69. The highest BCUT2D eigenvalue weighted by atomic mass is 16.3. The second kappa shape index (κ2) is 5.72. The van der Waals surface area contributed by atoms with Crippen molar-refractivity contribution in [2.24, 2.45) is 0 Å². The lowest BCUT2D eigenvalue weighted by Gasteiger charge is -2.40. The minimum absolute atomic E-state index is 0.255. The monoisotopic (exact) mass is 248 g/mol. The minimum Gasteiger partial charge on any atom is -0.396 e. The summed E-state index contributed by atoms with van der Waals surface area (Å²) in [6.45, 7) is 8.84. The number of hydrogen-bond acceptors (Lipinski definition) is 3. The molecule has 0 amide bonds. The lowest BCUT2D eigenvalue weighted by atomic mass is 10.0. The van der Waals surface area contributed by atoms with Crippen LogP contribution in [0.25, 0.3) is 0 Å². The zero-order valence-corrected chi connectivity index (χ0v) is 11.6. The van der Waals surface area contributed by atoms with Crippen molar-refractivity contribution in [3.63, 3.8) is 0 Å². The summed E-state index contributed by atoms with van der Waals surface area (Å²) < 4.78 is 0. The highest BCUT2D eigenvalue weighted by Gasteiger charge is 2.25. The second-order valence-electron chi connectivity index (χ2n) is 5.42. The maximum atomic E-state index is 9.11. The van der Waals surface area contributed by atoms with Crippen LogP contribution < -0.4 is 10.2 Å². The summed E-state index contributed by atoms with van der Waals surface area (Å²) in [5, 5.41) is 12.7. The van der Waals surface area contributed by atoms with E-state index in [1.807, 2.05) is 0 Å². The van der Waals surface area contributed by atoms with E-state index in [4.69, 9.17) is 5.11 Å². The summed E-state index contributed by atoms with van der Waals surface area (Å²) in [5.74, 6) is 0. The van der Waals surface area contributed by atoms with E-state index in [-0.39, 0.29) is 6.61 Å². The van der Waals surface area contributed by atoms with Crippen LogP contribution in [0.2, 0.25) is 0 Å². The Balaban J connectivity index is 2.21. The molecule has 1 heterocycles. The molecular formula is C15H24N2O. The standard InChI is InChI=1S/C15H24N2O/c1-11-5-4-6-12(2)15(11)17-9-13(3)16-14(10-17)7-8-18/h4-6,13-14,16,18H,7-10H2,1-3H3. The number of benzene rings is 1. The Labute approximate surface area is 110 Å². The summed E-state index contributed by atoms with van der Waals surface area (Å²) in [5.41, 5.74) is 4.05. The fourth-order valence-corrected chi connectivity index (χ4v) is 3.00. The van der Waals surface area contributed by atoms with Crippen LogP contribution in [0.3, 0.4) is 0 Å². The average molecular weight is 248 g/mol. The highest BCUT2D eigenvalue weighted by molar-refractivity contribution is 5.59. The first-order chi connectivity index (χ1) is 8.61. The Morgan fingerprint density at radius 2 is 1.94 bits per heavy atom. The first-order valence-corrected chi connectivity index (χ1v) is 6.80. The van der Waals surface area contributed by atoms with Crippen molar-refractivity contribution in [1.29, 1.82) is 0 Å². The van der Waals surface area contributed by atoms with Crippen molar-refractivity contribution in [2.45, 2.75) is 39.3 Å². The van der Waals surface area contributed by atoms with E-state index in [1.165, 1.54) is 16.8 Å². The Bertz CT molecular complexity index is 385. The fraction of sp³-hybridized carbons (Fsp3) is 0.600. The molecule has 1 aromatic carbocycles. The van der Waals surface area contributed by atoms with Gasteiger partial charge in [-0.2, -0.15) is 0 Å². The van der Waals surface area contributed by atoms with Crippen molar-refractivity contribution in [1.82, 2.24) is 5.32 Å². The quantitative estimate of drug-likeness (QED) is 0.857.